The Morgan fingerprint density at radius 1 is 1.00 bits per heavy atom. The van der Waals surface area contributed by atoms with Gasteiger partial charge < -0.3 is 10.1 Å². The number of nitrogens with zero attached hydrogens (tertiary/aromatic N) is 1. The van der Waals surface area contributed by atoms with Crippen molar-refractivity contribution < 1.29 is 28.3 Å². The first-order valence-electron chi connectivity index (χ1n) is 9.79. The van der Waals surface area contributed by atoms with E-state index in [0.717, 1.165) is 4.90 Å². The third-order valence-corrected chi connectivity index (χ3v) is 5.31. The Balaban J connectivity index is 1.40. The van der Waals surface area contributed by atoms with Crippen LogP contribution in [0.25, 0.3) is 0 Å². The van der Waals surface area contributed by atoms with Crippen LogP contribution in [0.2, 0.25) is 0 Å². The van der Waals surface area contributed by atoms with Crippen molar-refractivity contribution in [3.63, 3.8) is 0 Å². The molecule has 1 N–H and O–H groups in total. The van der Waals surface area contributed by atoms with Gasteiger partial charge in [0.1, 0.15) is 5.82 Å². The minimum atomic E-state index is -0.769. The van der Waals surface area contributed by atoms with E-state index in [-0.39, 0.29) is 29.2 Å². The Hall–Kier alpha value is -3.81. The van der Waals surface area contributed by atoms with E-state index in [4.69, 9.17) is 4.74 Å². The van der Waals surface area contributed by atoms with Gasteiger partial charge >= 0.3 is 5.97 Å². The monoisotopic (exact) mass is 422 g/mol. The first-order valence-corrected chi connectivity index (χ1v) is 9.79. The summed E-state index contributed by atoms with van der Waals surface area (Å²) in [6.07, 6.45) is 4.86. The van der Waals surface area contributed by atoms with Gasteiger partial charge in [0.15, 0.2) is 6.61 Å². The number of esters is 1. The smallest absolute Gasteiger partial charge is 0.338 e. The molecule has 4 rings (SSSR count). The number of hydrogen-bond acceptors (Lipinski definition) is 5. The number of fused-ring (bicyclic) bond motifs is 1. The van der Waals surface area contributed by atoms with Gasteiger partial charge in [0.05, 0.1) is 23.1 Å². The van der Waals surface area contributed by atoms with Gasteiger partial charge in [0.2, 0.25) is 11.8 Å². The highest BCUT2D eigenvalue weighted by Crippen LogP contribution is 2.37. The number of benzene rings is 2. The van der Waals surface area contributed by atoms with Crippen molar-refractivity contribution in [1.82, 2.24) is 0 Å². The van der Waals surface area contributed by atoms with Crippen LogP contribution in [-0.2, 0) is 19.1 Å². The molecular weight excluding hydrogens is 403 g/mol. The minimum absolute atomic E-state index is 0.112. The van der Waals surface area contributed by atoms with E-state index < -0.39 is 24.3 Å². The molecule has 3 amide bonds. The van der Waals surface area contributed by atoms with E-state index in [1.807, 2.05) is 12.2 Å². The molecule has 2 aromatic carbocycles. The van der Waals surface area contributed by atoms with Crippen molar-refractivity contribution in [1.29, 1.82) is 0 Å². The largest absolute Gasteiger partial charge is 0.452 e. The van der Waals surface area contributed by atoms with Gasteiger partial charge in [-0.3, -0.25) is 19.3 Å². The number of allylic oxidation sites excluding steroid dienone is 2. The van der Waals surface area contributed by atoms with Crippen molar-refractivity contribution >= 4 is 35.1 Å². The maximum atomic E-state index is 12.9. The van der Waals surface area contributed by atoms with Crippen LogP contribution in [0.4, 0.5) is 15.8 Å². The minimum Gasteiger partial charge on any atom is -0.452 e. The molecule has 158 valence electrons. The zero-order valence-electron chi connectivity index (χ0n) is 16.4. The summed E-state index contributed by atoms with van der Waals surface area (Å²) in [5.41, 5.74) is 0.779. The average Bonchev–Trinajstić information content (AvgIpc) is 3.04. The van der Waals surface area contributed by atoms with E-state index in [1.54, 1.807) is 12.1 Å². The maximum absolute atomic E-state index is 12.9. The SMILES string of the molecule is O=C(COC(=O)c1cccc(N2C(=O)[C@H]3CC=CC[C@H]3C2=O)c1)Nc1ccc(F)cc1. The van der Waals surface area contributed by atoms with Crippen molar-refractivity contribution in [2.24, 2.45) is 11.8 Å². The molecule has 0 unspecified atom stereocenters. The summed E-state index contributed by atoms with van der Waals surface area (Å²) in [6, 6.07) is 11.2. The van der Waals surface area contributed by atoms with Gasteiger partial charge in [-0.05, 0) is 55.3 Å². The topological polar surface area (TPSA) is 92.8 Å². The third-order valence-electron chi connectivity index (χ3n) is 5.31. The molecule has 8 heteroatoms. The van der Waals surface area contributed by atoms with Crippen LogP contribution in [0, 0.1) is 17.7 Å². The molecule has 1 aliphatic heterocycles. The Morgan fingerprint density at radius 2 is 1.65 bits per heavy atom. The standard InChI is InChI=1S/C23H19FN2O5/c24-15-8-10-16(11-9-15)25-20(27)13-31-23(30)14-4-3-5-17(12-14)26-21(28)18-6-1-2-7-19(18)22(26)29/h1-5,8-12,18-19H,6-7,13H2,(H,25,27)/t18-,19+. The van der Waals surface area contributed by atoms with Gasteiger partial charge in [-0.25, -0.2) is 9.18 Å². The Labute approximate surface area is 177 Å². The van der Waals surface area contributed by atoms with Crippen LogP contribution in [0.3, 0.4) is 0 Å². The molecule has 2 atom stereocenters. The summed E-state index contributed by atoms with van der Waals surface area (Å²) >= 11 is 0. The summed E-state index contributed by atoms with van der Waals surface area (Å²) in [5, 5.41) is 2.49. The zero-order chi connectivity index (χ0) is 22.0. The fourth-order valence-corrected chi connectivity index (χ4v) is 3.77. The van der Waals surface area contributed by atoms with Gasteiger partial charge in [-0.15, -0.1) is 0 Å². The number of hydrogen-bond donors (Lipinski definition) is 1. The van der Waals surface area contributed by atoms with E-state index in [1.165, 1.54) is 36.4 Å². The molecule has 0 saturated carbocycles. The first-order chi connectivity index (χ1) is 14.9. The summed E-state index contributed by atoms with van der Waals surface area (Å²) in [6.45, 7) is -0.544. The molecule has 2 aromatic rings. The maximum Gasteiger partial charge on any atom is 0.338 e. The number of ether oxygens (including phenoxy) is 1. The molecule has 7 nitrogen and oxygen atoms in total. The molecule has 1 heterocycles. The Kier molecular flexibility index (Phi) is 5.62. The number of carbonyl (C=O) groups is 4. The molecule has 31 heavy (non-hydrogen) atoms. The molecular formula is C23H19FN2O5. The van der Waals surface area contributed by atoms with Crippen molar-refractivity contribution in [3.05, 3.63) is 72.1 Å². The lowest BCUT2D eigenvalue weighted by Crippen LogP contribution is -2.31. The van der Waals surface area contributed by atoms with Crippen LogP contribution in [0.15, 0.2) is 60.7 Å². The molecule has 1 fully saturated rings. The van der Waals surface area contributed by atoms with Crippen LogP contribution >= 0.6 is 0 Å². The number of anilines is 2. The fraction of sp³-hybridized carbons (Fsp3) is 0.217. The van der Waals surface area contributed by atoms with Crippen molar-refractivity contribution in [2.45, 2.75) is 12.8 Å². The molecule has 1 aliphatic carbocycles. The van der Waals surface area contributed by atoms with E-state index >= 15 is 0 Å². The molecule has 2 aliphatic rings. The predicted octanol–water partition coefficient (Wildman–Crippen LogP) is 3.08. The predicted molar refractivity (Wildman–Crippen MR) is 110 cm³/mol. The van der Waals surface area contributed by atoms with Gasteiger partial charge in [-0.2, -0.15) is 0 Å². The summed E-state index contributed by atoms with van der Waals surface area (Å²) in [4.78, 5) is 50.9. The molecule has 0 bridgehead atoms. The van der Waals surface area contributed by atoms with Crippen molar-refractivity contribution in [2.75, 3.05) is 16.8 Å². The highest BCUT2D eigenvalue weighted by Gasteiger charge is 2.47. The van der Waals surface area contributed by atoms with Crippen LogP contribution < -0.4 is 10.2 Å². The quantitative estimate of drug-likeness (QED) is 0.454. The molecule has 1 saturated heterocycles. The van der Waals surface area contributed by atoms with Crippen LogP contribution in [-0.4, -0.2) is 30.3 Å². The number of nitrogens with one attached hydrogen (secondary N) is 1. The highest BCUT2D eigenvalue weighted by molar-refractivity contribution is 6.22. The lowest BCUT2D eigenvalue weighted by Gasteiger charge is -2.15. The number of halogens is 1. The third kappa shape index (κ3) is 4.23. The van der Waals surface area contributed by atoms with Crippen LogP contribution in [0.5, 0.6) is 0 Å². The van der Waals surface area contributed by atoms with Gasteiger partial charge in [0, 0.05) is 5.69 Å². The summed E-state index contributed by atoms with van der Waals surface area (Å²) in [5.74, 6) is -3.08. The highest BCUT2D eigenvalue weighted by atomic mass is 19.1. The first kappa shape index (κ1) is 20.5. The van der Waals surface area contributed by atoms with E-state index in [9.17, 15) is 23.6 Å². The Bertz CT molecular complexity index is 1050. The summed E-state index contributed by atoms with van der Waals surface area (Å²) in [7, 11) is 0. The van der Waals surface area contributed by atoms with E-state index in [0.29, 0.717) is 24.2 Å². The second-order valence-corrected chi connectivity index (χ2v) is 7.35. The van der Waals surface area contributed by atoms with Crippen molar-refractivity contribution in [3.8, 4) is 0 Å². The van der Waals surface area contributed by atoms with Gasteiger partial charge in [0.25, 0.3) is 5.91 Å². The molecule has 0 spiro atoms. The zero-order valence-corrected chi connectivity index (χ0v) is 16.4. The molecule has 0 aromatic heterocycles. The average molecular weight is 422 g/mol. The second kappa shape index (κ2) is 8.51. The molecule has 0 radical (unpaired) electrons. The number of amides is 3. The lowest BCUT2D eigenvalue weighted by molar-refractivity contribution is -0.122. The summed E-state index contributed by atoms with van der Waals surface area (Å²) < 4.78 is 17.9. The second-order valence-electron chi connectivity index (χ2n) is 7.35. The van der Waals surface area contributed by atoms with Gasteiger partial charge in [-0.1, -0.05) is 18.2 Å². The fourth-order valence-electron chi connectivity index (χ4n) is 3.77. The number of carbonyl (C=O) groups excluding carboxylic acids is 4. The number of rotatable bonds is 5. The number of imide groups is 1. The normalized spacial score (nSPS) is 19.8. The van der Waals surface area contributed by atoms with Crippen LogP contribution in [0.1, 0.15) is 23.2 Å². The lowest BCUT2D eigenvalue weighted by atomic mass is 9.85. The van der Waals surface area contributed by atoms with E-state index in [2.05, 4.69) is 5.32 Å². The Morgan fingerprint density at radius 3 is 2.29 bits per heavy atom.